The number of carbonyl (C=O) groups excluding carboxylic acids is 4. The molecule has 6 rings (SSSR count). The van der Waals surface area contributed by atoms with Crippen LogP contribution in [-0.2, 0) is 0 Å². The molecule has 0 unspecified atom stereocenters. The van der Waals surface area contributed by atoms with Crippen molar-refractivity contribution >= 4 is 23.6 Å². The predicted molar refractivity (Wildman–Crippen MR) is 296 cm³/mol. The van der Waals surface area contributed by atoms with Gasteiger partial charge in [-0.15, -0.1) is 0 Å². The third-order valence-electron chi connectivity index (χ3n) is 11.5. The standard InChI is InChI=1S/2C27H31N3O2.3C2H6O.2Nd/c2*1-16-10-7-11-17(2)24(16)26(31)28-20(5)22-14-9-15-23(30-22)21(6)29-27(32)25-18(3)12-8-13-19(25)4;3*1-2-3;;/h2*7-14,30H,15H2,1-6H3,(H,28,31)(H,29,32);3*3H,2H2,1H3;;. The maximum absolute atomic E-state index is 12.9. The molecule has 4 aromatic carbocycles. The minimum Gasteiger partial charge on any atom is -0.397 e. The molecule has 0 fully saturated rings. The molecule has 0 atom stereocenters. The molecule has 0 saturated carbocycles. The monoisotopic (exact) mass is 1280 g/mol. The van der Waals surface area contributed by atoms with Gasteiger partial charge in [0.1, 0.15) is 0 Å². The smallest absolute Gasteiger partial charge is 0.256 e. The number of amides is 4. The number of hydrogen-bond donors (Lipinski definition) is 9. The first-order valence-electron chi connectivity index (χ1n) is 24.6. The average molecular weight is 1290 g/mol. The number of aliphatic hydroxyl groups is 3. The van der Waals surface area contributed by atoms with E-state index < -0.39 is 0 Å². The van der Waals surface area contributed by atoms with E-state index in [-0.39, 0.29) is 125 Å². The van der Waals surface area contributed by atoms with Crippen LogP contribution < -0.4 is 31.9 Å². The molecule has 4 aromatic rings. The van der Waals surface area contributed by atoms with Crippen LogP contribution in [0.25, 0.3) is 0 Å². The first kappa shape index (κ1) is 70.4. The van der Waals surface area contributed by atoms with Gasteiger partial charge in [0.15, 0.2) is 0 Å². The number of carbonyl (C=O) groups is 4. The Balaban J connectivity index is 0.00000123. The number of rotatable bonds is 8. The second-order valence-electron chi connectivity index (χ2n) is 17.6. The molecule has 0 radical (unpaired) electrons. The van der Waals surface area contributed by atoms with Crippen molar-refractivity contribution in [2.45, 2.75) is 117 Å². The van der Waals surface area contributed by atoms with Gasteiger partial charge >= 0.3 is 0 Å². The molecule has 2 aliphatic rings. The normalized spacial score (nSPS) is 14.5. The molecular formula is C60H80N6Nd2O7. The maximum Gasteiger partial charge on any atom is 0.256 e. The number of benzene rings is 4. The molecule has 400 valence electrons. The zero-order valence-electron chi connectivity index (χ0n) is 46.7. The van der Waals surface area contributed by atoms with Gasteiger partial charge in [-0.1, -0.05) is 84.9 Å². The third kappa shape index (κ3) is 22.1. The van der Waals surface area contributed by atoms with Crippen LogP contribution >= 0.6 is 0 Å². The molecule has 13 nitrogen and oxygen atoms in total. The van der Waals surface area contributed by atoms with Crippen LogP contribution in [0.1, 0.15) is 147 Å². The summed E-state index contributed by atoms with van der Waals surface area (Å²) in [5.41, 5.74) is 16.7. The molecule has 9 N–H and O–H groups in total. The summed E-state index contributed by atoms with van der Waals surface area (Å²) >= 11 is 0. The SMILES string of the molecule is CC(NC(=O)c1c(C)cccc1C)=C1C=CCC(=C(C)NC(=O)c2c(C)cccc2C)N1.CC(NC(=O)c1c(C)cccc1C)=C1C=CCC(=C(C)NC(=O)c2c(C)cccc2C)N1.CCO.CCO.CCO.[Nd].[Nd]. The second kappa shape index (κ2) is 36.4. The van der Waals surface area contributed by atoms with E-state index >= 15 is 0 Å². The van der Waals surface area contributed by atoms with Crippen molar-refractivity contribution in [2.75, 3.05) is 19.8 Å². The van der Waals surface area contributed by atoms with Gasteiger partial charge in [0.2, 0.25) is 0 Å². The Morgan fingerprint density at radius 2 is 0.587 bits per heavy atom. The van der Waals surface area contributed by atoms with Gasteiger partial charge in [-0.25, -0.2) is 0 Å². The van der Waals surface area contributed by atoms with Gasteiger partial charge in [0.25, 0.3) is 23.6 Å². The van der Waals surface area contributed by atoms with Gasteiger partial charge in [-0.3, -0.25) is 19.2 Å². The van der Waals surface area contributed by atoms with Gasteiger partial charge in [0.05, 0.1) is 11.4 Å². The summed E-state index contributed by atoms with van der Waals surface area (Å²) in [6.45, 7) is 28.8. The fourth-order valence-electron chi connectivity index (χ4n) is 7.94. The van der Waals surface area contributed by atoms with Crippen LogP contribution in [0.5, 0.6) is 0 Å². The van der Waals surface area contributed by atoms with E-state index in [1.807, 2.05) is 180 Å². The van der Waals surface area contributed by atoms with Gasteiger partial charge in [0, 0.05) is 171 Å². The Morgan fingerprint density at radius 3 is 0.787 bits per heavy atom. The van der Waals surface area contributed by atoms with Crippen molar-refractivity contribution < 1.29 is 116 Å². The van der Waals surface area contributed by atoms with Crippen molar-refractivity contribution in [2.24, 2.45) is 0 Å². The van der Waals surface area contributed by atoms with Crippen molar-refractivity contribution in [3.05, 3.63) is 209 Å². The van der Waals surface area contributed by atoms with Crippen molar-refractivity contribution in [1.29, 1.82) is 0 Å². The number of allylic oxidation sites excluding steroid dienone is 8. The zero-order valence-corrected chi connectivity index (χ0v) is 53.2. The van der Waals surface area contributed by atoms with E-state index in [1.54, 1.807) is 20.8 Å². The second-order valence-corrected chi connectivity index (χ2v) is 17.6. The van der Waals surface area contributed by atoms with Crippen molar-refractivity contribution in [1.82, 2.24) is 31.9 Å². The quantitative estimate of drug-likeness (QED) is 0.0824. The number of aliphatic hydroxyl groups excluding tert-OH is 3. The molecular weight excluding hydrogens is 1210 g/mol. The Bertz CT molecular complexity index is 2520. The first-order valence-corrected chi connectivity index (χ1v) is 24.6. The minimum absolute atomic E-state index is 0. The molecule has 4 amide bonds. The largest absolute Gasteiger partial charge is 0.397 e. The molecule has 0 spiro atoms. The van der Waals surface area contributed by atoms with Crippen molar-refractivity contribution in [3.63, 3.8) is 0 Å². The fraction of sp³-hybridized carbons (Fsp3) is 0.333. The Morgan fingerprint density at radius 1 is 0.400 bits per heavy atom. The van der Waals surface area contributed by atoms with E-state index in [4.69, 9.17) is 15.3 Å². The number of hydrogen-bond acceptors (Lipinski definition) is 9. The summed E-state index contributed by atoms with van der Waals surface area (Å²) in [5, 5.41) is 41.5. The Kier molecular flexibility index (Phi) is 34.2. The zero-order chi connectivity index (χ0) is 54.9. The molecule has 75 heavy (non-hydrogen) atoms. The molecule has 0 aromatic heterocycles. The van der Waals surface area contributed by atoms with Crippen molar-refractivity contribution in [3.8, 4) is 0 Å². The van der Waals surface area contributed by atoms with Crippen LogP contribution in [-0.4, -0.2) is 58.8 Å². The Hall–Kier alpha value is -4.62. The van der Waals surface area contributed by atoms with Crippen LogP contribution in [0.3, 0.4) is 0 Å². The van der Waals surface area contributed by atoms with E-state index in [0.29, 0.717) is 35.1 Å². The molecule has 2 heterocycles. The number of aryl methyl sites for hydroxylation is 8. The van der Waals surface area contributed by atoms with Gasteiger partial charge in [-0.2, -0.15) is 0 Å². The van der Waals surface area contributed by atoms with Gasteiger partial charge < -0.3 is 47.2 Å². The fourth-order valence-corrected chi connectivity index (χ4v) is 7.94. The van der Waals surface area contributed by atoms with Crippen LogP contribution in [0.15, 0.2) is 143 Å². The summed E-state index contributed by atoms with van der Waals surface area (Å²) < 4.78 is 0. The minimum atomic E-state index is -0.128. The average Bonchev–Trinajstić information content (AvgIpc) is 3.32. The Labute approximate surface area is 512 Å². The van der Waals surface area contributed by atoms with Crippen LogP contribution in [0.2, 0.25) is 0 Å². The summed E-state index contributed by atoms with van der Waals surface area (Å²) in [7, 11) is 0. The van der Waals surface area contributed by atoms with Gasteiger partial charge in [-0.05, 0) is 161 Å². The summed E-state index contributed by atoms with van der Waals surface area (Å²) in [5.74, 6) is -0.492. The first-order chi connectivity index (χ1) is 34.6. The molecule has 15 heteroatoms. The molecule has 0 bridgehead atoms. The van der Waals surface area contributed by atoms with Crippen LogP contribution in [0.4, 0.5) is 0 Å². The topological polar surface area (TPSA) is 201 Å². The summed E-state index contributed by atoms with van der Waals surface area (Å²) in [4.78, 5) is 51.4. The summed E-state index contributed by atoms with van der Waals surface area (Å²) in [6, 6.07) is 23.3. The third-order valence-corrected chi connectivity index (χ3v) is 11.5. The number of nitrogens with one attached hydrogen (secondary N) is 6. The molecule has 2 aliphatic heterocycles. The predicted octanol–water partition coefficient (Wildman–Crippen LogP) is 10.2. The molecule has 0 saturated heterocycles. The summed E-state index contributed by atoms with van der Waals surface area (Å²) in [6.07, 6.45) is 9.27. The maximum atomic E-state index is 12.9. The van der Waals surface area contributed by atoms with E-state index in [2.05, 4.69) is 31.9 Å². The van der Waals surface area contributed by atoms with Crippen LogP contribution in [0, 0.1) is 137 Å². The van der Waals surface area contributed by atoms with E-state index in [9.17, 15) is 19.2 Å². The molecule has 0 aliphatic carbocycles. The van der Waals surface area contributed by atoms with E-state index in [1.165, 1.54) is 0 Å². The van der Waals surface area contributed by atoms with E-state index in [0.717, 1.165) is 90.1 Å².